The average molecular weight is 288 g/mol. The second-order valence-electron chi connectivity index (χ2n) is 4.05. The predicted octanol–water partition coefficient (Wildman–Crippen LogP) is 1.72. The van der Waals surface area contributed by atoms with E-state index in [-0.39, 0.29) is 5.91 Å². The smallest absolute Gasteiger partial charge is 0.251 e. The molecule has 0 unspecified atom stereocenters. The summed E-state index contributed by atoms with van der Waals surface area (Å²) in [6.45, 7) is 0.776. The molecule has 2 heterocycles. The van der Waals surface area contributed by atoms with Crippen LogP contribution in [-0.2, 0) is 0 Å². The van der Waals surface area contributed by atoms with Gasteiger partial charge in [-0.3, -0.25) is 9.52 Å². The van der Waals surface area contributed by atoms with E-state index >= 15 is 0 Å². The maximum atomic E-state index is 11.9. The predicted molar refractivity (Wildman–Crippen MR) is 75.8 cm³/mol. The molecule has 3 rings (SSSR count). The zero-order valence-electron chi connectivity index (χ0n) is 10.5. The van der Waals surface area contributed by atoms with Crippen molar-refractivity contribution >= 4 is 23.8 Å². The maximum Gasteiger partial charge on any atom is 0.251 e. The summed E-state index contributed by atoms with van der Waals surface area (Å²) < 4.78 is 8.48. The Hall–Kier alpha value is -2.28. The number of fused-ring (bicyclic) bond motifs is 4. The summed E-state index contributed by atoms with van der Waals surface area (Å²) >= 11 is 1.34. The molecule has 1 aliphatic heterocycles. The van der Waals surface area contributed by atoms with Crippen LogP contribution in [0.5, 0.6) is 5.88 Å². The van der Waals surface area contributed by atoms with E-state index in [0.29, 0.717) is 30.5 Å². The van der Waals surface area contributed by atoms with E-state index in [1.165, 1.54) is 11.9 Å². The molecule has 102 valence electrons. The molecule has 6 nitrogen and oxygen atoms in total. The number of rotatable bonds is 0. The van der Waals surface area contributed by atoms with Crippen molar-refractivity contribution in [2.45, 2.75) is 4.90 Å². The number of carbonyl (C=O) groups is 1. The van der Waals surface area contributed by atoms with Crippen LogP contribution in [0.2, 0.25) is 0 Å². The van der Waals surface area contributed by atoms with E-state index in [4.69, 9.17) is 4.74 Å². The molecule has 2 aromatic rings. The lowest BCUT2D eigenvalue weighted by molar-refractivity contribution is 0.0946. The SMILES string of the molecule is O=C1NCCOc2ccnc(n2)NSc2cccc1c2. The Labute approximate surface area is 120 Å². The van der Waals surface area contributed by atoms with Crippen molar-refractivity contribution < 1.29 is 9.53 Å². The van der Waals surface area contributed by atoms with E-state index in [1.807, 2.05) is 18.2 Å². The average Bonchev–Trinajstić information content (AvgIpc) is 2.50. The first kappa shape index (κ1) is 12.7. The summed E-state index contributed by atoms with van der Waals surface area (Å²) in [5.41, 5.74) is 0.615. The lowest BCUT2D eigenvalue weighted by atomic mass is 10.2. The number of hydrogen-bond acceptors (Lipinski definition) is 6. The van der Waals surface area contributed by atoms with Gasteiger partial charge >= 0.3 is 0 Å². The van der Waals surface area contributed by atoms with Gasteiger partial charge in [-0.1, -0.05) is 6.07 Å². The van der Waals surface area contributed by atoms with Crippen LogP contribution in [0.4, 0.5) is 5.95 Å². The molecule has 0 saturated heterocycles. The minimum Gasteiger partial charge on any atom is -0.476 e. The minimum absolute atomic E-state index is 0.118. The van der Waals surface area contributed by atoms with Gasteiger partial charge < -0.3 is 10.1 Å². The van der Waals surface area contributed by atoms with Gasteiger partial charge in [-0.05, 0) is 30.1 Å². The van der Waals surface area contributed by atoms with Crippen LogP contribution in [0, 0.1) is 0 Å². The van der Waals surface area contributed by atoms with Gasteiger partial charge in [-0.15, -0.1) is 0 Å². The summed E-state index contributed by atoms with van der Waals surface area (Å²) in [5.74, 6) is 0.827. The molecule has 0 radical (unpaired) electrons. The summed E-state index contributed by atoms with van der Waals surface area (Å²) in [5, 5.41) is 2.80. The van der Waals surface area contributed by atoms with E-state index in [0.717, 1.165) is 4.90 Å². The molecule has 0 spiro atoms. The van der Waals surface area contributed by atoms with Gasteiger partial charge in [0.1, 0.15) is 6.61 Å². The standard InChI is InChI=1S/C13H12N4O2S/c18-12-9-2-1-3-10(8-9)20-17-13-15-5-4-11(16-13)19-7-6-14-12/h1-5,8H,6-7H2,(H,14,18)(H,15,16,17). The van der Waals surface area contributed by atoms with Crippen molar-refractivity contribution in [3.8, 4) is 5.88 Å². The first-order valence-electron chi connectivity index (χ1n) is 6.08. The second-order valence-corrected chi connectivity index (χ2v) is 4.93. The van der Waals surface area contributed by atoms with Crippen molar-refractivity contribution in [1.82, 2.24) is 15.3 Å². The number of nitrogens with zero attached hydrogens (tertiary/aromatic N) is 2. The lowest BCUT2D eigenvalue weighted by Crippen LogP contribution is -2.28. The summed E-state index contributed by atoms with van der Waals surface area (Å²) in [4.78, 5) is 21.2. The van der Waals surface area contributed by atoms with Crippen molar-refractivity contribution in [2.75, 3.05) is 17.9 Å². The van der Waals surface area contributed by atoms with E-state index in [2.05, 4.69) is 20.0 Å². The zero-order chi connectivity index (χ0) is 13.8. The van der Waals surface area contributed by atoms with E-state index < -0.39 is 0 Å². The van der Waals surface area contributed by atoms with Gasteiger partial charge in [0, 0.05) is 22.7 Å². The topological polar surface area (TPSA) is 76.1 Å². The molecule has 4 bridgehead atoms. The number of anilines is 1. The monoisotopic (exact) mass is 288 g/mol. The Balaban J connectivity index is 1.89. The Kier molecular flexibility index (Phi) is 3.69. The van der Waals surface area contributed by atoms with Crippen molar-refractivity contribution in [3.05, 3.63) is 42.1 Å². The molecular formula is C13H12N4O2S. The van der Waals surface area contributed by atoms with Crippen molar-refractivity contribution in [3.63, 3.8) is 0 Å². The normalized spacial score (nSPS) is 14.7. The van der Waals surface area contributed by atoms with Crippen LogP contribution >= 0.6 is 11.9 Å². The Bertz CT molecular complexity index is 635. The largest absolute Gasteiger partial charge is 0.476 e. The molecule has 1 aromatic carbocycles. The summed E-state index contributed by atoms with van der Waals surface area (Å²) in [6, 6.07) is 9.02. The maximum absolute atomic E-state index is 11.9. The number of nitrogens with one attached hydrogen (secondary N) is 2. The third-order valence-electron chi connectivity index (χ3n) is 2.62. The zero-order valence-corrected chi connectivity index (χ0v) is 11.3. The fraction of sp³-hybridized carbons (Fsp3) is 0.154. The summed E-state index contributed by atoms with van der Waals surface area (Å²) in [6.07, 6.45) is 1.62. The van der Waals surface area contributed by atoms with Crippen LogP contribution in [0.25, 0.3) is 0 Å². The van der Waals surface area contributed by atoms with Gasteiger partial charge in [-0.25, -0.2) is 4.98 Å². The molecule has 0 atom stereocenters. The second kappa shape index (κ2) is 5.79. The fourth-order valence-corrected chi connectivity index (χ4v) is 2.34. The minimum atomic E-state index is -0.118. The van der Waals surface area contributed by atoms with Gasteiger partial charge in [0.25, 0.3) is 5.91 Å². The van der Waals surface area contributed by atoms with Crippen LogP contribution in [-0.4, -0.2) is 29.0 Å². The van der Waals surface area contributed by atoms with Gasteiger partial charge in [0.05, 0.1) is 6.54 Å². The number of ether oxygens (including phenoxy) is 1. The Morgan fingerprint density at radius 3 is 3.20 bits per heavy atom. The van der Waals surface area contributed by atoms with E-state index in [9.17, 15) is 4.79 Å². The number of carbonyl (C=O) groups excluding carboxylic acids is 1. The molecular weight excluding hydrogens is 276 g/mol. The first-order chi connectivity index (χ1) is 9.81. The summed E-state index contributed by atoms with van der Waals surface area (Å²) in [7, 11) is 0. The van der Waals surface area contributed by atoms with Gasteiger partial charge in [0.2, 0.25) is 11.8 Å². The highest BCUT2D eigenvalue weighted by molar-refractivity contribution is 8.00. The van der Waals surface area contributed by atoms with Crippen molar-refractivity contribution in [1.29, 1.82) is 0 Å². The molecule has 20 heavy (non-hydrogen) atoms. The van der Waals surface area contributed by atoms with Crippen molar-refractivity contribution in [2.24, 2.45) is 0 Å². The molecule has 1 amide bonds. The highest BCUT2D eigenvalue weighted by Gasteiger charge is 2.08. The molecule has 7 heteroatoms. The Morgan fingerprint density at radius 1 is 1.30 bits per heavy atom. The quantitative estimate of drug-likeness (QED) is 0.719. The highest BCUT2D eigenvalue weighted by Crippen LogP contribution is 2.21. The van der Waals surface area contributed by atoms with Crippen LogP contribution < -0.4 is 14.8 Å². The molecule has 2 N–H and O–H groups in total. The molecule has 1 aromatic heterocycles. The number of aromatic nitrogens is 2. The van der Waals surface area contributed by atoms with Gasteiger partial charge in [-0.2, -0.15) is 4.98 Å². The molecule has 0 saturated carbocycles. The number of amides is 1. The molecule has 1 aliphatic rings. The fourth-order valence-electron chi connectivity index (χ4n) is 1.70. The molecule has 0 fully saturated rings. The number of hydrogen-bond donors (Lipinski definition) is 2. The van der Waals surface area contributed by atoms with Crippen LogP contribution in [0.15, 0.2) is 41.4 Å². The lowest BCUT2D eigenvalue weighted by Gasteiger charge is -2.07. The molecule has 0 aliphatic carbocycles. The highest BCUT2D eigenvalue weighted by atomic mass is 32.2. The van der Waals surface area contributed by atoms with Crippen LogP contribution in [0.1, 0.15) is 10.4 Å². The third kappa shape index (κ3) is 3.00. The third-order valence-corrected chi connectivity index (χ3v) is 3.40. The van der Waals surface area contributed by atoms with Crippen LogP contribution in [0.3, 0.4) is 0 Å². The van der Waals surface area contributed by atoms with Gasteiger partial charge in [0.15, 0.2) is 0 Å². The van der Waals surface area contributed by atoms with E-state index in [1.54, 1.807) is 18.3 Å². The Morgan fingerprint density at radius 2 is 2.25 bits per heavy atom. The number of benzene rings is 1. The first-order valence-corrected chi connectivity index (χ1v) is 6.90.